The summed E-state index contributed by atoms with van der Waals surface area (Å²) in [5.41, 5.74) is 4.46. The Morgan fingerprint density at radius 2 is 1.74 bits per heavy atom. The van der Waals surface area contributed by atoms with Crippen LogP contribution in [0.4, 0.5) is 0 Å². The lowest BCUT2D eigenvalue weighted by atomic mass is 10.0. The molecular weight excluding hydrogens is 288 g/mol. The van der Waals surface area contributed by atoms with Crippen LogP contribution in [0, 0.1) is 20.8 Å². The van der Waals surface area contributed by atoms with Crippen LogP contribution in [0.2, 0.25) is 0 Å². The first-order chi connectivity index (χ1) is 10.9. The molecule has 0 aliphatic heterocycles. The Bertz CT molecular complexity index is 702. The minimum Gasteiger partial charge on any atom is -0.482 e. The van der Waals surface area contributed by atoms with E-state index in [1.54, 1.807) is 6.07 Å². The van der Waals surface area contributed by atoms with Crippen molar-refractivity contribution in [2.75, 3.05) is 6.61 Å². The van der Waals surface area contributed by atoms with Gasteiger partial charge in [0.2, 0.25) is 0 Å². The fourth-order valence-corrected chi connectivity index (χ4v) is 2.32. The highest BCUT2D eigenvalue weighted by atomic mass is 16.6. The molecule has 0 N–H and O–H groups in total. The average Bonchev–Trinajstić information content (AvgIpc) is 2.48. The van der Waals surface area contributed by atoms with Crippen LogP contribution in [0.5, 0.6) is 11.5 Å². The molecule has 3 nitrogen and oxygen atoms in total. The van der Waals surface area contributed by atoms with E-state index in [4.69, 9.17) is 9.47 Å². The number of ether oxygens (including phenoxy) is 2. The standard InChI is InChI=1S/C20H24O3/c1-13(2)18-9-6-14(3)10-19(18)22-12-20(21)23-17-8-7-15(4)16(5)11-17/h6-11,13H,12H2,1-5H3. The van der Waals surface area contributed by atoms with Crippen LogP contribution < -0.4 is 9.47 Å². The normalized spacial score (nSPS) is 10.7. The van der Waals surface area contributed by atoms with Gasteiger partial charge in [-0.1, -0.05) is 32.0 Å². The predicted molar refractivity (Wildman–Crippen MR) is 92.3 cm³/mol. The third-order valence-electron chi connectivity index (χ3n) is 3.85. The topological polar surface area (TPSA) is 35.5 Å². The third-order valence-corrected chi connectivity index (χ3v) is 3.85. The predicted octanol–water partition coefficient (Wildman–Crippen LogP) is 4.72. The molecule has 0 amide bonds. The minimum absolute atomic E-state index is 0.101. The molecule has 0 spiro atoms. The Morgan fingerprint density at radius 1 is 1.00 bits per heavy atom. The molecule has 122 valence electrons. The van der Waals surface area contributed by atoms with Crippen LogP contribution in [0.15, 0.2) is 36.4 Å². The van der Waals surface area contributed by atoms with E-state index in [0.717, 1.165) is 22.4 Å². The number of rotatable bonds is 5. The van der Waals surface area contributed by atoms with Crippen molar-refractivity contribution in [2.45, 2.75) is 40.5 Å². The minimum atomic E-state index is -0.399. The maximum atomic E-state index is 12.0. The van der Waals surface area contributed by atoms with E-state index in [9.17, 15) is 4.79 Å². The number of hydrogen-bond donors (Lipinski definition) is 0. The van der Waals surface area contributed by atoms with E-state index in [2.05, 4.69) is 19.9 Å². The molecule has 0 atom stereocenters. The maximum Gasteiger partial charge on any atom is 0.349 e. The zero-order chi connectivity index (χ0) is 17.0. The second-order valence-corrected chi connectivity index (χ2v) is 6.20. The molecule has 0 aliphatic rings. The van der Waals surface area contributed by atoms with Crippen molar-refractivity contribution < 1.29 is 14.3 Å². The summed E-state index contributed by atoms with van der Waals surface area (Å²) in [7, 11) is 0. The molecule has 0 saturated carbocycles. The quantitative estimate of drug-likeness (QED) is 0.592. The lowest BCUT2D eigenvalue weighted by molar-refractivity contribution is -0.136. The fourth-order valence-electron chi connectivity index (χ4n) is 2.32. The van der Waals surface area contributed by atoms with E-state index < -0.39 is 5.97 Å². The molecule has 23 heavy (non-hydrogen) atoms. The van der Waals surface area contributed by atoms with Gasteiger partial charge in [-0.05, 0) is 67.1 Å². The highest BCUT2D eigenvalue weighted by Crippen LogP contribution is 2.27. The summed E-state index contributed by atoms with van der Waals surface area (Å²) in [5, 5.41) is 0. The Balaban J connectivity index is 2.01. The highest BCUT2D eigenvalue weighted by molar-refractivity contribution is 5.74. The largest absolute Gasteiger partial charge is 0.482 e. The van der Waals surface area contributed by atoms with Gasteiger partial charge in [0.25, 0.3) is 0 Å². The van der Waals surface area contributed by atoms with Gasteiger partial charge in [0.15, 0.2) is 6.61 Å². The van der Waals surface area contributed by atoms with Crippen molar-refractivity contribution in [3.8, 4) is 11.5 Å². The number of carbonyl (C=O) groups is 1. The number of hydrogen-bond acceptors (Lipinski definition) is 3. The van der Waals surface area contributed by atoms with Crippen LogP contribution >= 0.6 is 0 Å². The van der Waals surface area contributed by atoms with Crippen molar-refractivity contribution in [1.29, 1.82) is 0 Å². The lowest BCUT2D eigenvalue weighted by Gasteiger charge is -2.14. The summed E-state index contributed by atoms with van der Waals surface area (Å²) in [4.78, 5) is 12.0. The van der Waals surface area contributed by atoms with Crippen LogP contribution in [0.1, 0.15) is 42.0 Å². The molecule has 0 bridgehead atoms. The molecule has 0 aromatic heterocycles. The summed E-state index contributed by atoms with van der Waals surface area (Å²) in [6, 6.07) is 11.7. The zero-order valence-corrected chi connectivity index (χ0v) is 14.5. The van der Waals surface area contributed by atoms with Gasteiger partial charge >= 0.3 is 5.97 Å². The van der Waals surface area contributed by atoms with Gasteiger partial charge in [0.1, 0.15) is 11.5 Å². The van der Waals surface area contributed by atoms with Crippen LogP contribution in [0.25, 0.3) is 0 Å². The Morgan fingerprint density at radius 3 is 2.39 bits per heavy atom. The number of benzene rings is 2. The van der Waals surface area contributed by atoms with Crippen molar-refractivity contribution in [1.82, 2.24) is 0 Å². The molecule has 0 radical (unpaired) electrons. The van der Waals surface area contributed by atoms with Crippen LogP contribution in [-0.2, 0) is 4.79 Å². The van der Waals surface area contributed by atoms with Gasteiger partial charge in [-0.2, -0.15) is 0 Å². The first-order valence-corrected chi connectivity index (χ1v) is 7.88. The van der Waals surface area contributed by atoms with Crippen molar-refractivity contribution in [3.63, 3.8) is 0 Å². The molecule has 0 unspecified atom stereocenters. The second-order valence-electron chi connectivity index (χ2n) is 6.20. The van der Waals surface area contributed by atoms with Gasteiger partial charge in [-0.25, -0.2) is 4.79 Å². The van der Waals surface area contributed by atoms with E-state index >= 15 is 0 Å². The molecule has 2 aromatic rings. The Labute approximate surface area is 138 Å². The zero-order valence-electron chi connectivity index (χ0n) is 14.5. The monoisotopic (exact) mass is 312 g/mol. The van der Waals surface area contributed by atoms with E-state index in [-0.39, 0.29) is 6.61 Å². The Kier molecular flexibility index (Phi) is 5.43. The van der Waals surface area contributed by atoms with E-state index in [1.165, 1.54) is 5.56 Å². The Hall–Kier alpha value is -2.29. The summed E-state index contributed by atoms with van der Waals surface area (Å²) in [5.74, 6) is 1.23. The van der Waals surface area contributed by atoms with E-state index in [1.807, 2.05) is 45.0 Å². The molecule has 3 heteroatoms. The van der Waals surface area contributed by atoms with Crippen molar-refractivity contribution >= 4 is 5.97 Å². The smallest absolute Gasteiger partial charge is 0.349 e. The second kappa shape index (κ2) is 7.32. The van der Waals surface area contributed by atoms with Gasteiger partial charge < -0.3 is 9.47 Å². The third kappa shape index (κ3) is 4.59. The summed E-state index contributed by atoms with van der Waals surface area (Å²) >= 11 is 0. The summed E-state index contributed by atoms with van der Waals surface area (Å²) in [6.07, 6.45) is 0. The maximum absolute atomic E-state index is 12.0. The molecular formula is C20H24O3. The van der Waals surface area contributed by atoms with E-state index in [0.29, 0.717) is 11.7 Å². The number of carbonyl (C=O) groups excluding carboxylic acids is 1. The van der Waals surface area contributed by atoms with Crippen LogP contribution in [-0.4, -0.2) is 12.6 Å². The van der Waals surface area contributed by atoms with Crippen molar-refractivity contribution in [3.05, 3.63) is 58.7 Å². The van der Waals surface area contributed by atoms with Gasteiger partial charge in [-0.15, -0.1) is 0 Å². The van der Waals surface area contributed by atoms with Gasteiger partial charge in [0, 0.05) is 0 Å². The first kappa shape index (κ1) is 17.1. The molecule has 0 heterocycles. The summed E-state index contributed by atoms with van der Waals surface area (Å²) in [6.45, 7) is 10.1. The highest BCUT2D eigenvalue weighted by Gasteiger charge is 2.12. The van der Waals surface area contributed by atoms with Crippen molar-refractivity contribution in [2.24, 2.45) is 0 Å². The number of esters is 1. The van der Waals surface area contributed by atoms with Gasteiger partial charge in [0.05, 0.1) is 0 Å². The summed E-state index contributed by atoms with van der Waals surface area (Å²) < 4.78 is 11.0. The molecule has 2 aromatic carbocycles. The van der Waals surface area contributed by atoms with Crippen LogP contribution in [0.3, 0.4) is 0 Å². The molecule has 0 saturated heterocycles. The SMILES string of the molecule is Cc1ccc(C(C)C)c(OCC(=O)Oc2ccc(C)c(C)c2)c1. The lowest BCUT2D eigenvalue weighted by Crippen LogP contribution is -2.18. The fraction of sp³-hybridized carbons (Fsp3) is 0.350. The van der Waals surface area contributed by atoms with Gasteiger partial charge in [-0.3, -0.25) is 0 Å². The molecule has 0 aliphatic carbocycles. The molecule has 2 rings (SSSR count). The molecule has 0 fully saturated rings. The first-order valence-electron chi connectivity index (χ1n) is 7.88. The average molecular weight is 312 g/mol. The number of aryl methyl sites for hydroxylation is 3.